The van der Waals surface area contributed by atoms with E-state index in [4.69, 9.17) is 0 Å². The Morgan fingerprint density at radius 3 is 2.24 bits per heavy atom. The summed E-state index contributed by atoms with van der Waals surface area (Å²) in [6, 6.07) is 7.51. The molecule has 2 rings (SSSR count). The van der Waals surface area contributed by atoms with Crippen molar-refractivity contribution < 1.29 is 22.0 Å². The smallest absolute Gasteiger partial charge is 0.244 e. The van der Waals surface area contributed by atoms with Crippen LogP contribution in [0.25, 0.3) is 6.08 Å². The molecule has 0 aromatic heterocycles. The van der Waals surface area contributed by atoms with Gasteiger partial charge in [0.1, 0.15) is 5.69 Å². The molecule has 1 atom stereocenters. The average molecular weight is 479 g/mol. The first kappa shape index (κ1) is 26.5. The number of nitrogens with one attached hydrogen (secondary N) is 2. The quantitative estimate of drug-likeness (QED) is 0.494. The van der Waals surface area contributed by atoms with Gasteiger partial charge in [-0.2, -0.15) is 0 Å². The Labute approximate surface area is 195 Å². The molecule has 0 heterocycles. The van der Waals surface area contributed by atoms with Gasteiger partial charge < -0.3 is 5.32 Å². The summed E-state index contributed by atoms with van der Waals surface area (Å²) >= 11 is 0. The second-order valence-electron chi connectivity index (χ2n) is 9.21. The maximum absolute atomic E-state index is 14.2. The molecule has 5 nitrogen and oxygen atoms in total. The SMILES string of the molecule is CCCc1cc(C(C)(C)C)ccc1/C=C/C(=O)N[C@H](C)c1cc(F)c(NS(C)(=O)=O)c(F)c1. The van der Waals surface area contributed by atoms with Crippen molar-refractivity contribution in [1.82, 2.24) is 5.32 Å². The maximum Gasteiger partial charge on any atom is 0.244 e. The van der Waals surface area contributed by atoms with Gasteiger partial charge >= 0.3 is 0 Å². The predicted molar refractivity (Wildman–Crippen MR) is 130 cm³/mol. The molecule has 33 heavy (non-hydrogen) atoms. The van der Waals surface area contributed by atoms with Gasteiger partial charge in [0.05, 0.1) is 12.3 Å². The zero-order valence-corrected chi connectivity index (χ0v) is 20.7. The van der Waals surface area contributed by atoms with Gasteiger partial charge in [-0.25, -0.2) is 17.2 Å². The van der Waals surface area contributed by atoms with Crippen LogP contribution in [0.3, 0.4) is 0 Å². The molecule has 0 aliphatic carbocycles. The van der Waals surface area contributed by atoms with E-state index < -0.39 is 39.3 Å². The molecule has 2 aromatic rings. The molecule has 0 bridgehead atoms. The van der Waals surface area contributed by atoms with Crippen LogP contribution in [0.1, 0.15) is 69.3 Å². The number of halogens is 2. The van der Waals surface area contributed by atoms with Crippen molar-refractivity contribution in [1.29, 1.82) is 0 Å². The van der Waals surface area contributed by atoms with Gasteiger partial charge in [0.2, 0.25) is 15.9 Å². The van der Waals surface area contributed by atoms with Crippen LogP contribution in [0.4, 0.5) is 14.5 Å². The Bertz CT molecular complexity index is 1130. The first-order chi connectivity index (χ1) is 15.2. The van der Waals surface area contributed by atoms with E-state index in [1.807, 2.05) is 10.8 Å². The van der Waals surface area contributed by atoms with Crippen LogP contribution in [0.5, 0.6) is 0 Å². The van der Waals surface area contributed by atoms with Crippen molar-refractivity contribution in [3.63, 3.8) is 0 Å². The van der Waals surface area contributed by atoms with Crippen LogP contribution >= 0.6 is 0 Å². The van der Waals surface area contributed by atoms with Gasteiger partial charge in [-0.15, -0.1) is 0 Å². The average Bonchev–Trinajstić information content (AvgIpc) is 2.68. The lowest BCUT2D eigenvalue weighted by molar-refractivity contribution is -0.117. The molecule has 1 amide bonds. The highest BCUT2D eigenvalue weighted by Gasteiger charge is 2.18. The molecule has 0 aliphatic heterocycles. The third-order valence-electron chi connectivity index (χ3n) is 5.15. The summed E-state index contributed by atoms with van der Waals surface area (Å²) < 4.78 is 52.9. The van der Waals surface area contributed by atoms with Crippen molar-refractivity contribution in [3.8, 4) is 0 Å². The molecule has 180 valence electrons. The second kappa shape index (κ2) is 10.5. The number of benzene rings is 2. The van der Waals surface area contributed by atoms with Crippen molar-refractivity contribution in [2.45, 2.75) is 58.9 Å². The lowest BCUT2D eigenvalue weighted by Crippen LogP contribution is -2.25. The summed E-state index contributed by atoms with van der Waals surface area (Å²) in [7, 11) is -3.84. The molecule has 0 radical (unpaired) electrons. The molecule has 0 fully saturated rings. The summed E-state index contributed by atoms with van der Waals surface area (Å²) in [4.78, 5) is 12.4. The molecule has 8 heteroatoms. The minimum Gasteiger partial charge on any atom is -0.346 e. The van der Waals surface area contributed by atoms with Gasteiger partial charge in [0.15, 0.2) is 11.6 Å². The van der Waals surface area contributed by atoms with Gasteiger partial charge in [0.25, 0.3) is 0 Å². The van der Waals surface area contributed by atoms with Gasteiger partial charge in [-0.1, -0.05) is 52.3 Å². The molecule has 2 aromatic carbocycles. The summed E-state index contributed by atoms with van der Waals surface area (Å²) in [5.41, 5.74) is 2.77. The van der Waals surface area contributed by atoms with Crippen molar-refractivity contribution >= 4 is 27.7 Å². The van der Waals surface area contributed by atoms with Gasteiger partial charge in [-0.3, -0.25) is 9.52 Å². The molecule has 0 unspecified atom stereocenters. The third-order valence-corrected chi connectivity index (χ3v) is 5.73. The van der Waals surface area contributed by atoms with Crippen molar-refractivity contribution in [3.05, 3.63) is 70.3 Å². The van der Waals surface area contributed by atoms with Gasteiger partial charge in [0, 0.05) is 6.08 Å². The Morgan fingerprint density at radius 1 is 1.12 bits per heavy atom. The maximum atomic E-state index is 14.2. The normalized spacial score (nSPS) is 13.2. The minimum atomic E-state index is -3.84. The summed E-state index contributed by atoms with van der Waals surface area (Å²) in [6.07, 6.45) is 5.79. The van der Waals surface area contributed by atoms with E-state index >= 15 is 0 Å². The number of aryl methyl sites for hydroxylation is 1. The minimum absolute atomic E-state index is 0.0223. The summed E-state index contributed by atoms with van der Waals surface area (Å²) in [6.45, 7) is 10.1. The number of rotatable bonds is 8. The van der Waals surface area contributed by atoms with Crippen LogP contribution in [0.15, 0.2) is 36.4 Å². The summed E-state index contributed by atoms with van der Waals surface area (Å²) in [5, 5.41) is 2.68. The zero-order chi connectivity index (χ0) is 25.0. The number of anilines is 1. The van der Waals surface area contributed by atoms with E-state index in [1.165, 1.54) is 11.6 Å². The van der Waals surface area contributed by atoms with E-state index in [-0.39, 0.29) is 11.0 Å². The topological polar surface area (TPSA) is 75.3 Å². The molecule has 0 aliphatic rings. The molecular formula is C25H32F2N2O3S. The summed E-state index contributed by atoms with van der Waals surface area (Å²) in [5.74, 6) is -2.53. The van der Waals surface area contributed by atoms with Crippen LogP contribution < -0.4 is 10.0 Å². The fraction of sp³-hybridized carbons (Fsp3) is 0.400. The van der Waals surface area contributed by atoms with E-state index in [9.17, 15) is 22.0 Å². The molecular weight excluding hydrogens is 446 g/mol. The number of carbonyl (C=O) groups excluding carboxylic acids is 1. The zero-order valence-electron chi connectivity index (χ0n) is 19.9. The molecule has 0 saturated carbocycles. The van der Waals surface area contributed by atoms with Gasteiger partial charge in [-0.05, 0) is 59.2 Å². The lowest BCUT2D eigenvalue weighted by Gasteiger charge is -2.21. The molecule has 2 N–H and O–H groups in total. The highest BCUT2D eigenvalue weighted by atomic mass is 32.2. The monoisotopic (exact) mass is 478 g/mol. The molecule has 0 spiro atoms. The highest BCUT2D eigenvalue weighted by Crippen LogP contribution is 2.27. The Morgan fingerprint density at radius 2 is 1.73 bits per heavy atom. The second-order valence-corrected chi connectivity index (χ2v) is 11.0. The number of carbonyl (C=O) groups is 1. The van der Waals surface area contributed by atoms with E-state index in [1.54, 1.807) is 13.0 Å². The van der Waals surface area contributed by atoms with Crippen LogP contribution in [0, 0.1) is 11.6 Å². The largest absolute Gasteiger partial charge is 0.346 e. The van der Waals surface area contributed by atoms with E-state index in [0.717, 1.165) is 42.4 Å². The first-order valence-corrected chi connectivity index (χ1v) is 12.7. The van der Waals surface area contributed by atoms with E-state index in [2.05, 4.69) is 45.1 Å². The van der Waals surface area contributed by atoms with Crippen molar-refractivity contribution in [2.75, 3.05) is 11.0 Å². The number of sulfonamides is 1. The van der Waals surface area contributed by atoms with Crippen LogP contribution in [0.2, 0.25) is 0 Å². The van der Waals surface area contributed by atoms with E-state index in [0.29, 0.717) is 0 Å². The Hall–Kier alpha value is -2.74. The predicted octanol–water partition coefficient (Wildman–Crippen LogP) is 5.48. The van der Waals surface area contributed by atoms with Crippen molar-refractivity contribution in [2.24, 2.45) is 0 Å². The third kappa shape index (κ3) is 7.67. The Kier molecular flexibility index (Phi) is 8.41. The fourth-order valence-electron chi connectivity index (χ4n) is 3.36. The fourth-order valence-corrected chi connectivity index (χ4v) is 3.92. The number of hydrogen-bond acceptors (Lipinski definition) is 3. The number of amides is 1. The lowest BCUT2D eigenvalue weighted by atomic mass is 9.84. The highest BCUT2D eigenvalue weighted by molar-refractivity contribution is 7.92. The van der Waals surface area contributed by atoms with Crippen LogP contribution in [-0.2, 0) is 26.7 Å². The standard InChI is InChI=1S/C25H32F2N2O3S/c1-7-8-18-13-20(25(3,4)5)11-9-17(18)10-12-23(30)28-16(2)19-14-21(26)24(22(27)15-19)29-33(6,31)32/h9-16,29H,7-8H2,1-6H3,(H,28,30)/b12-10+/t16-/m1/s1. The first-order valence-electron chi connectivity index (χ1n) is 10.8. The van der Waals surface area contributed by atoms with Crippen LogP contribution in [-0.4, -0.2) is 20.6 Å². The molecule has 0 saturated heterocycles. The number of hydrogen-bond donors (Lipinski definition) is 2. The Balaban J connectivity index is 2.18.